The molecule has 7 heteroatoms. The Morgan fingerprint density at radius 2 is 1.93 bits per heavy atom. The summed E-state index contributed by atoms with van der Waals surface area (Å²) in [5.41, 5.74) is 1.80. The van der Waals surface area contributed by atoms with Gasteiger partial charge in [-0.2, -0.15) is 5.10 Å². The molecule has 1 N–H and O–H groups in total. The first kappa shape index (κ1) is 18.0. The Morgan fingerprint density at radius 1 is 1.14 bits per heavy atom. The van der Waals surface area contributed by atoms with Gasteiger partial charge in [0, 0.05) is 50.3 Å². The topological polar surface area (TPSA) is 78.0 Å². The van der Waals surface area contributed by atoms with Crippen LogP contribution in [0.25, 0.3) is 0 Å². The lowest BCUT2D eigenvalue weighted by molar-refractivity contribution is 0.00137. The van der Waals surface area contributed by atoms with Gasteiger partial charge < -0.3 is 4.90 Å². The molecule has 0 saturated carbocycles. The van der Waals surface area contributed by atoms with Crippen LogP contribution in [-0.4, -0.2) is 62.1 Å². The summed E-state index contributed by atoms with van der Waals surface area (Å²) in [6, 6.07) is 16.0. The van der Waals surface area contributed by atoms with Crippen LogP contribution in [0.15, 0.2) is 54.7 Å². The number of amides is 1. The number of hydrogen-bond acceptors (Lipinski definition) is 5. The van der Waals surface area contributed by atoms with E-state index in [9.17, 15) is 4.79 Å². The normalized spacial score (nSPS) is 20.7. The maximum atomic E-state index is 12.8. The Morgan fingerprint density at radius 3 is 2.62 bits per heavy atom. The molecule has 1 atom stereocenters. The third-order valence-corrected chi connectivity index (χ3v) is 6.08. The summed E-state index contributed by atoms with van der Waals surface area (Å²) >= 11 is 0. The average molecular weight is 388 g/mol. The third kappa shape index (κ3) is 3.31. The zero-order chi connectivity index (χ0) is 19.8. The molecule has 0 bridgehead atoms. The van der Waals surface area contributed by atoms with Crippen LogP contribution in [0.4, 0.5) is 0 Å². The van der Waals surface area contributed by atoms with Gasteiger partial charge in [0.1, 0.15) is 11.5 Å². The summed E-state index contributed by atoms with van der Waals surface area (Å²) in [4.78, 5) is 26.0. The minimum absolute atomic E-state index is 0.00246. The van der Waals surface area contributed by atoms with Gasteiger partial charge in [-0.25, -0.2) is 4.98 Å². The second-order valence-electron chi connectivity index (χ2n) is 8.23. The standard InChI is InChI=1S/C22H24N6O/c1-16-24-20(26-25-16)18-12-27(11-17-7-3-2-4-8-17)13-22(18)14-28(15-22)21(29)19-9-5-6-10-23-19/h2-10,18H,11-15H2,1H3,(H,24,25,26). The van der Waals surface area contributed by atoms with Crippen LogP contribution in [0.2, 0.25) is 0 Å². The van der Waals surface area contributed by atoms with Gasteiger partial charge in [-0.05, 0) is 24.6 Å². The van der Waals surface area contributed by atoms with E-state index in [0.717, 1.165) is 31.3 Å². The maximum Gasteiger partial charge on any atom is 0.272 e. The van der Waals surface area contributed by atoms with Crippen molar-refractivity contribution in [2.45, 2.75) is 19.4 Å². The highest BCUT2D eigenvalue weighted by Gasteiger charge is 2.57. The fraction of sp³-hybridized carbons (Fsp3) is 0.364. The first-order chi connectivity index (χ1) is 14.1. The summed E-state index contributed by atoms with van der Waals surface area (Å²) in [5, 5.41) is 7.45. The number of benzene rings is 1. The van der Waals surface area contributed by atoms with Crippen molar-refractivity contribution in [1.29, 1.82) is 0 Å². The maximum absolute atomic E-state index is 12.8. The van der Waals surface area contributed by atoms with Crippen molar-refractivity contribution in [2.24, 2.45) is 5.41 Å². The minimum atomic E-state index is -0.00610. The molecule has 2 aliphatic heterocycles. The molecule has 1 aromatic carbocycles. The zero-order valence-corrected chi connectivity index (χ0v) is 16.5. The average Bonchev–Trinajstić information content (AvgIpc) is 3.31. The number of rotatable bonds is 4. The van der Waals surface area contributed by atoms with E-state index in [1.165, 1.54) is 5.56 Å². The first-order valence-electron chi connectivity index (χ1n) is 9.98. The fourth-order valence-corrected chi connectivity index (χ4v) is 4.73. The number of carbonyl (C=O) groups is 1. The van der Waals surface area contributed by atoms with Gasteiger partial charge in [-0.1, -0.05) is 36.4 Å². The predicted octanol–water partition coefficient (Wildman–Crippen LogP) is 2.25. The molecule has 0 aliphatic carbocycles. The number of nitrogens with one attached hydrogen (secondary N) is 1. The highest BCUT2D eigenvalue weighted by atomic mass is 16.2. The highest BCUT2D eigenvalue weighted by molar-refractivity contribution is 5.93. The predicted molar refractivity (Wildman–Crippen MR) is 108 cm³/mol. The molecule has 2 fully saturated rings. The number of nitrogens with zero attached hydrogens (tertiary/aromatic N) is 5. The summed E-state index contributed by atoms with van der Waals surface area (Å²) in [5.74, 6) is 1.91. The van der Waals surface area contributed by atoms with Gasteiger partial charge in [-0.3, -0.25) is 19.8 Å². The fourth-order valence-electron chi connectivity index (χ4n) is 4.73. The van der Waals surface area contributed by atoms with Gasteiger partial charge in [0.2, 0.25) is 0 Å². The van der Waals surface area contributed by atoms with Crippen LogP contribution in [0.5, 0.6) is 0 Å². The SMILES string of the molecule is Cc1nc(C2CN(Cc3ccccc3)CC23CN(C(=O)c2ccccn2)C3)n[nH]1. The van der Waals surface area contributed by atoms with Gasteiger partial charge >= 0.3 is 0 Å². The first-order valence-corrected chi connectivity index (χ1v) is 9.98. The number of aryl methyl sites for hydroxylation is 1. The van der Waals surface area contributed by atoms with E-state index in [0.29, 0.717) is 18.8 Å². The molecule has 1 unspecified atom stereocenters. The van der Waals surface area contributed by atoms with E-state index < -0.39 is 0 Å². The Hall–Kier alpha value is -3.06. The number of H-pyrrole nitrogens is 1. The van der Waals surface area contributed by atoms with E-state index in [-0.39, 0.29) is 17.2 Å². The summed E-state index contributed by atoms with van der Waals surface area (Å²) < 4.78 is 0. The molecule has 1 spiro atoms. The van der Waals surface area contributed by atoms with Crippen molar-refractivity contribution in [1.82, 2.24) is 30.0 Å². The Balaban J connectivity index is 1.36. The Labute approximate surface area is 169 Å². The van der Waals surface area contributed by atoms with Crippen LogP contribution < -0.4 is 0 Å². The number of pyridine rings is 1. The molecular formula is C22H24N6O. The van der Waals surface area contributed by atoms with Crippen molar-refractivity contribution in [2.75, 3.05) is 26.2 Å². The van der Waals surface area contributed by atoms with E-state index in [1.807, 2.05) is 30.0 Å². The molecule has 2 saturated heterocycles. The largest absolute Gasteiger partial charge is 0.336 e. The lowest BCUT2D eigenvalue weighted by Gasteiger charge is -2.50. The van der Waals surface area contributed by atoms with Crippen molar-refractivity contribution >= 4 is 5.91 Å². The quantitative estimate of drug-likeness (QED) is 0.742. The monoisotopic (exact) mass is 388 g/mol. The number of likely N-dealkylation sites (tertiary alicyclic amines) is 2. The summed E-state index contributed by atoms with van der Waals surface area (Å²) in [6.07, 6.45) is 1.67. The number of carbonyl (C=O) groups excluding carboxylic acids is 1. The molecule has 3 aromatic rings. The van der Waals surface area contributed by atoms with Crippen LogP contribution in [0, 0.1) is 12.3 Å². The minimum Gasteiger partial charge on any atom is -0.336 e. The second-order valence-corrected chi connectivity index (χ2v) is 8.23. The Bertz CT molecular complexity index is 996. The van der Waals surface area contributed by atoms with Gasteiger partial charge in [0.05, 0.1) is 0 Å². The smallest absolute Gasteiger partial charge is 0.272 e. The van der Waals surface area contributed by atoms with Gasteiger partial charge in [0.15, 0.2) is 5.82 Å². The zero-order valence-electron chi connectivity index (χ0n) is 16.5. The molecular weight excluding hydrogens is 364 g/mol. The van der Waals surface area contributed by atoms with E-state index in [1.54, 1.807) is 12.3 Å². The van der Waals surface area contributed by atoms with E-state index in [4.69, 9.17) is 0 Å². The van der Waals surface area contributed by atoms with Crippen molar-refractivity contribution in [3.05, 3.63) is 77.6 Å². The molecule has 1 amide bonds. The molecule has 0 radical (unpaired) electrons. The third-order valence-electron chi connectivity index (χ3n) is 6.08. The number of hydrogen-bond donors (Lipinski definition) is 1. The van der Waals surface area contributed by atoms with Crippen LogP contribution in [0.3, 0.4) is 0 Å². The lowest BCUT2D eigenvalue weighted by atomic mass is 9.71. The van der Waals surface area contributed by atoms with Crippen LogP contribution in [0.1, 0.15) is 33.6 Å². The van der Waals surface area contributed by atoms with Gasteiger partial charge in [0.25, 0.3) is 5.91 Å². The molecule has 2 aromatic heterocycles. The van der Waals surface area contributed by atoms with Gasteiger partial charge in [-0.15, -0.1) is 0 Å². The molecule has 4 heterocycles. The second kappa shape index (κ2) is 7.08. The van der Waals surface area contributed by atoms with Crippen molar-refractivity contribution in [3.63, 3.8) is 0 Å². The number of aromatic amines is 1. The molecule has 29 heavy (non-hydrogen) atoms. The van der Waals surface area contributed by atoms with Crippen LogP contribution >= 0.6 is 0 Å². The molecule has 7 nitrogen and oxygen atoms in total. The molecule has 2 aliphatic rings. The van der Waals surface area contributed by atoms with Crippen molar-refractivity contribution in [3.8, 4) is 0 Å². The van der Waals surface area contributed by atoms with Crippen molar-refractivity contribution < 1.29 is 4.79 Å². The summed E-state index contributed by atoms with van der Waals surface area (Å²) in [6.45, 7) is 6.09. The lowest BCUT2D eigenvalue weighted by Crippen LogP contribution is -2.61. The van der Waals surface area contributed by atoms with E-state index in [2.05, 4.69) is 49.3 Å². The molecule has 148 valence electrons. The van der Waals surface area contributed by atoms with Crippen LogP contribution in [-0.2, 0) is 6.54 Å². The van der Waals surface area contributed by atoms with E-state index >= 15 is 0 Å². The number of aromatic nitrogens is 4. The summed E-state index contributed by atoms with van der Waals surface area (Å²) in [7, 11) is 0. The highest BCUT2D eigenvalue weighted by Crippen LogP contribution is 2.48. The Kier molecular flexibility index (Phi) is 4.39. The molecule has 5 rings (SSSR count).